The fraction of sp³-hybridized carbons (Fsp3) is 0.231. The maximum absolute atomic E-state index is 13.3. The van der Waals surface area contributed by atoms with Crippen molar-refractivity contribution in [2.45, 2.75) is 19.9 Å². The highest BCUT2D eigenvalue weighted by Crippen LogP contribution is 2.16. The highest BCUT2D eigenvalue weighted by molar-refractivity contribution is 5.94. The van der Waals surface area contributed by atoms with Gasteiger partial charge < -0.3 is 10.4 Å². The third-order valence-electron chi connectivity index (χ3n) is 2.43. The minimum Gasteiger partial charge on any atom is -0.478 e. The highest BCUT2D eigenvalue weighted by Gasteiger charge is 2.09. The van der Waals surface area contributed by atoms with Gasteiger partial charge in [-0.05, 0) is 31.0 Å². The fourth-order valence-electron chi connectivity index (χ4n) is 1.37. The summed E-state index contributed by atoms with van der Waals surface area (Å²) in [5, 5.41) is 10.9. The number of rotatable bonds is 4. The number of carboxylic acid groups (broad SMARTS) is 1. The summed E-state index contributed by atoms with van der Waals surface area (Å²) >= 11 is 0. The molecule has 1 unspecified atom stereocenters. The quantitative estimate of drug-likeness (QED) is 0.804. The number of carbonyl (C=O) groups excluding carboxylic acids is 1. The lowest BCUT2D eigenvalue weighted by molar-refractivity contribution is -0.131. The predicted molar refractivity (Wildman–Crippen MR) is 64.5 cm³/mol. The summed E-state index contributed by atoms with van der Waals surface area (Å²) in [5.41, 5.74) is 1.15. The molecule has 0 heterocycles. The number of carboxylic acids is 1. The number of carbonyl (C=O) groups is 2. The zero-order chi connectivity index (χ0) is 13.7. The van der Waals surface area contributed by atoms with Crippen molar-refractivity contribution in [3.05, 3.63) is 47.3 Å². The minimum absolute atomic E-state index is 0.338. The number of nitrogens with one attached hydrogen (secondary N) is 1. The van der Waals surface area contributed by atoms with Crippen molar-refractivity contribution in [1.29, 1.82) is 0 Å². The lowest BCUT2D eigenvalue weighted by Gasteiger charge is -2.13. The second kappa shape index (κ2) is 5.95. The van der Waals surface area contributed by atoms with Gasteiger partial charge >= 0.3 is 5.97 Å². The third-order valence-corrected chi connectivity index (χ3v) is 2.43. The maximum Gasteiger partial charge on any atom is 0.328 e. The van der Waals surface area contributed by atoms with Crippen LogP contribution in [0.5, 0.6) is 0 Å². The van der Waals surface area contributed by atoms with E-state index in [0.29, 0.717) is 11.1 Å². The molecule has 0 saturated carbocycles. The molecule has 0 aliphatic heterocycles. The molecule has 0 bridgehead atoms. The molecule has 0 fully saturated rings. The third kappa shape index (κ3) is 4.01. The Labute approximate surface area is 104 Å². The first-order valence-electron chi connectivity index (χ1n) is 5.37. The summed E-state index contributed by atoms with van der Waals surface area (Å²) in [6, 6.07) is 4.29. The molecular formula is C13H14FNO3. The molecule has 0 aliphatic rings. The zero-order valence-corrected chi connectivity index (χ0v) is 10.1. The van der Waals surface area contributed by atoms with E-state index in [0.717, 1.165) is 12.2 Å². The van der Waals surface area contributed by atoms with Gasteiger partial charge in [-0.3, -0.25) is 4.79 Å². The first kappa shape index (κ1) is 13.9. The molecule has 1 atom stereocenters. The molecule has 0 aromatic heterocycles. The fourth-order valence-corrected chi connectivity index (χ4v) is 1.37. The van der Waals surface area contributed by atoms with Gasteiger partial charge in [-0.1, -0.05) is 12.1 Å². The first-order chi connectivity index (χ1) is 8.40. The first-order valence-corrected chi connectivity index (χ1v) is 5.37. The molecule has 1 aromatic rings. The Kier molecular flexibility index (Phi) is 4.59. The summed E-state index contributed by atoms with van der Waals surface area (Å²) < 4.78 is 13.3. The Bertz CT molecular complexity index is 497. The monoisotopic (exact) mass is 251 g/mol. The van der Waals surface area contributed by atoms with Crippen LogP contribution in [-0.2, 0) is 9.59 Å². The molecule has 18 heavy (non-hydrogen) atoms. The number of aliphatic carboxylic acids is 1. The zero-order valence-electron chi connectivity index (χ0n) is 10.1. The molecule has 1 rings (SSSR count). The average Bonchev–Trinajstić information content (AvgIpc) is 2.30. The second-order valence-electron chi connectivity index (χ2n) is 3.91. The summed E-state index contributed by atoms with van der Waals surface area (Å²) in [6.07, 6.45) is 1.67. The van der Waals surface area contributed by atoms with Crippen LogP contribution in [0.1, 0.15) is 24.1 Å². The van der Waals surface area contributed by atoms with Crippen molar-refractivity contribution in [3.63, 3.8) is 0 Å². The Balaban J connectivity index is 2.70. The molecule has 1 amide bonds. The molecule has 0 spiro atoms. The van der Waals surface area contributed by atoms with Crippen LogP contribution in [0.2, 0.25) is 0 Å². The van der Waals surface area contributed by atoms with Gasteiger partial charge in [-0.25, -0.2) is 9.18 Å². The van der Waals surface area contributed by atoms with E-state index in [1.54, 1.807) is 26.0 Å². The van der Waals surface area contributed by atoms with Gasteiger partial charge in [0, 0.05) is 12.2 Å². The van der Waals surface area contributed by atoms with Crippen LogP contribution in [0.4, 0.5) is 4.39 Å². The molecule has 1 aromatic carbocycles. The van der Waals surface area contributed by atoms with Crippen molar-refractivity contribution in [1.82, 2.24) is 5.32 Å². The maximum atomic E-state index is 13.3. The summed E-state index contributed by atoms with van der Waals surface area (Å²) in [4.78, 5) is 21.6. The van der Waals surface area contributed by atoms with Gasteiger partial charge in [0.25, 0.3) is 0 Å². The van der Waals surface area contributed by atoms with Crippen molar-refractivity contribution in [2.75, 3.05) is 0 Å². The Morgan fingerprint density at radius 3 is 2.61 bits per heavy atom. The van der Waals surface area contributed by atoms with E-state index in [1.807, 2.05) is 0 Å². The van der Waals surface area contributed by atoms with Crippen LogP contribution in [0, 0.1) is 12.7 Å². The van der Waals surface area contributed by atoms with Gasteiger partial charge in [0.15, 0.2) is 0 Å². The normalized spacial score (nSPS) is 12.4. The number of amides is 1. The van der Waals surface area contributed by atoms with Crippen molar-refractivity contribution in [2.24, 2.45) is 0 Å². The van der Waals surface area contributed by atoms with Gasteiger partial charge in [-0.15, -0.1) is 0 Å². The van der Waals surface area contributed by atoms with Gasteiger partial charge in [0.1, 0.15) is 5.82 Å². The number of aryl methyl sites for hydroxylation is 1. The molecule has 96 valence electrons. The lowest BCUT2D eigenvalue weighted by atomic mass is 10.1. The highest BCUT2D eigenvalue weighted by atomic mass is 19.1. The standard InChI is InChI=1S/C13H14FNO3/c1-8-3-4-10(7-11(8)14)9(2)15-12(16)5-6-13(17)18/h3-7,9H,1-2H3,(H,15,16)(H,17,18). The number of benzene rings is 1. The van der Waals surface area contributed by atoms with Crippen LogP contribution in [0.15, 0.2) is 30.4 Å². The van der Waals surface area contributed by atoms with E-state index in [1.165, 1.54) is 6.07 Å². The molecule has 5 heteroatoms. The van der Waals surface area contributed by atoms with Crippen LogP contribution in [-0.4, -0.2) is 17.0 Å². The van der Waals surface area contributed by atoms with Gasteiger partial charge in [0.2, 0.25) is 5.91 Å². The number of hydrogen-bond donors (Lipinski definition) is 2. The van der Waals surface area contributed by atoms with Crippen LogP contribution in [0.25, 0.3) is 0 Å². The smallest absolute Gasteiger partial charge is 0.328 e. The molecule has 4 nitrogen and oxygen atoms in total. The predicted octanol–water partition coefficient (Wildman–Crippen LogP) is 1.95. The van der Waals surface area contributed by atoms with E-state index >= 15 is 0 Å². The topological polar surface area (TPSA) is 66.4 Å². The summed E-state index contributed by atoms with van der Waals surface area (Å²) in [6.45, 7) is 3.34. The lowest BCUT2D eigenvalue weighted by Crippen LogP contribution is -2.25. The van der Waals surface area contributed by atoms with E-state index in [9.17, 15) is 14.0 Å². The van der Waals surface area contributed by atoms with E-state index in [2.05, 4.69) is 5.32 Å². The van der Waals surface area contributed by atoms with Crippen molar-refractivity contribution in [3.8, 4) is 0 Å². The van der Waals surface area contributed by atoms with Crippen LogP contribution < -0.4 is 5.32 Å². The average molecular weight is 251 g/mol. The van der Waals surface area contributed by atoms with Gasteiger partial charge in [0.05, 0.1) is 6.04 Å². The number of halogens is 1. The second-order valence-corrected chi connectivity index (χ2v) is 3.91. The van der Waals surface area contributed by atoms with Crippen molar-refractivity contribution >= 4 is 11.9 Å². The van der Waals surface area contributed by atoms with Gasteiger partial charge in [-0.2, -0.15) is 0 Å². The Morgan fingerprint density at radius 2 is 2.06 bits per heavy atom. The Hall–Kier alpha value is -2.17. The molecular weight excluding hydrogens is 237 g/mol. The minimum atomic E-state index is -1.20. The van der Waals surface area contributed by atoms with E-state index in [4.69, 9.17) is 5.11 Å². The largest absolute Gasteiger partial charge is 0.478 e. The van der Waals surface area contributed by atoms with Crippen molar-refractivity contribution < 1.29 is 19.1 Å². The summed E-state index contributed by atoms with van der Waals surface area (Å²) in [5.74, 6) is -2.07. The molecule has 2 N–H and O–H groups in total. The van der Waals surface area contributed by atoms with Crippen LogP contribution >= 0.6 is 0 Å². The van der Waals surface area contributed by atoms with E-state index in [-0.39, 0.29) is 5.82 Å². The molecule has 0 saturated heterocycles. The molecule has 0 aliphatic carbocycles. The SMILES string of the molecule is Cc1ccc(C(C)NC(=O)C=CC(=O)O)cc1F. The molecule has 0 radical (unpaired) electrons. The van der Waals surface area contributed by atoms with E-state index < -0.39 is 17.9 Å². The summed E-state index contributed by atoms with van der Waals surface area (Å²) in [7, 11) is 0. The van der Waals surface area contributed by atoms with Crippen LogP contribution in [0.3, 0.4) is 0 Å². The Morgan fingerprint density at radius 1 is 1.39 bits per heavy atom. The number of hydrogen-bond acceptors (Lipinski definition) is 2.